The Balaban J connectivity index is 2.75. The smallest absolute Gasteiger partial charge is 0.232 e. The first-order chi connectivity index (χ1) is 9.75. The summed E-state index contributed by atoms with van der Waals surface area (Å²) in [5, 5.41) is 12.9. The first-order valence-electron chi connectivity index (χ1n) is 6.61. The van der Waals surface area contributed by atoms with Crippen LogP contribution in [0, 0.1) is 11.5 Å². The van der Waals surface area contributed by atoms with Crippen LogP contribution in [0.2, 0.25) is 0 Å². The molecule has 0 aromatic heterocycles. The molecular formula is C18H18OSi. The molecule has 0 saturated heterocycles. The molecule has 20 heavy (non-hydrogen) atoms. The van der Waals surface area contributed by atoms with Crippen LogP contribution in [0.15, 0.2) is 73.3 Å². The highest BCUT2D eigenvalue weighted by molar-refractivity contribution is 7.09. The molecule has 2 rings (SSSR count). The summed E-state index contributed by atoms with van der Waals surface area (Å²) >= 11 is 0. The van der Waals surface area contributed by atoms with Gasteiger partial charge in [-0.3, -0.25) is 0 Å². The lowest BCUT2D eigenvalue weighted by molar-refractivity contribution is 0.295. The van der Waals surface area contributed by atoms with E-state index in [4.69, 9.17) is 0 Å². The van der Waals surface area contributed by atoms with Crippen LogP contribution in [-0.2, 0) is 0 Å². The van der Waals surface area contributed by atoms with Crippen molar-refractivity contribution in [3.05, 3.63) is 73.3 Å². The summed E-state index contributed by atoms with van der Waals surface area (Å²) in [6, 6.07) is 20.1. The van der Waals surface area contributed by atoms with Crippen molar-refractivity contribution in [1.82, 2.24) is 0 Å². The standard InChI is InChI=1S/C18H18OSi/c1-3-15-20(18(19)4-2,16-11-7-5-8-12-16)17-13-9-6-10-14-17/h4-14,18-19H,2H2,1H3/t18-/m1/s1. The Hall–Kier alpha value is -2.08. The first-order valence-corrected chi connectivity index (χ1v) is 8.69. The number of aliphatic hydroxyl groups excluding tert-OH is 1. The van der Waals surface area contributed by atoms with E-state index in [0.29, 0.717) is 0 Å². The molecule has 1 nitrogen and oxygen atoms in total. The van der Waals surface area contributed by atoms with Crippen LogP contribution < -0.4 is 10.4 Å². The Kier molecular flexibility index (Phi) is 4.57. The zero-order valence-electron chi connectivity index (χ0n) is 11.6. The van der Waals surface area contributed by atoms with E-state index >= 15 is 0 Å². The maximum absolute atomic E-state index is 10.6. The van der Waals surface area contributed by atoms with Crippen molar-refractivity contribution in [2.75, 3.05) is 0 Å². The van der Waals surface area contributed by atoms with Gasteiger partial charge in [0.05, 0.1) is 5.73 Å². The SMILES string of the molecule is C=C[C@H](O)[Si](C#CC)(c1ccccc1)c1ccccc1. The normalized spacial score (nSPS) is 12.1. The highest BCUT2D eigenvalue weighted by Crippen LogP contribution is 2.11. The van der Waals surface area contributed by atoms with Gasteiger partial charge in [0.15, 0.2) is 0 Å². The molecule has 0 amide bonds. The molecule has 0 spiro atoms. The lowest BCUT2D eigenvalue weighted by Gasteiger charge is -2.30. The van der Waals surface area contributed by atoms with Crippen LogP contribution in [0.1, 0.15) is 6.92 Å². The molecule has 0 aliphatic rings. The molecule has 0 aliphatic carbocycles. The summed E-state index contributed by atoms with van der Waals surface area (Å²) < 4.78 is 0. The molecule has 1 N–H and O–H groups in total. The highest BCUT2D eigenvalue weighted by atomic mass is 28.3. The Morgan fingerprint density at radius 3 is 1.80 bits per heavy atom. The zero-order chi connectivity index (χ0) is 14.4. The van der Waals surface area contributed by atoms with Gasteiger partial charge in [0.2, 0.25) is 8.07 Å². The van der Waals surface area contributed by atoms with Gasteiger partial charge in [0.25, 0.3) is 0 Å². The van der Waals surface area contributed by atoms with E-state index in [2.05, 4.69) is 42.3 Å². The maximum atomic E-state index is 10.6. The third kappa shape index (κ3) is 2.46. The molecule has 2 heteroatoms. The van der Waals surface area contributed by atoms with Crippen molar-refractivity contribution in [2.45, 2.75) is 12.7 Å². The summed E-state index contributed by atoms with van der Waals surface area (Å²) in [6.45, 7) is 5.60. The van der Waals surface area contributed by atoms with E-state index in [1.807, 2.05) is 43.3 Å². The van der Waals surface area contributed by atoms with Gasteiger partial charge in [-0.15, -0.1) is 18.0 Å². The van der Waals surface area contributed by atoms with Crippen LogP contribution >= 0.6 is 0 Å². The second-order valence-electron chi connectivity index (χ2n) is 4.60. The topological polar surface area (TPSA) is 20.2 Å². The molecule has 2 aromatic carbocycles. The molecule has 1 atom stereocenters. The van der Waals surface area contributed by atoms with Crippen LogP contribution in [0.5, 0.6) is 0 Å². The predicted molar refractivity (Wildman–Crippen MR) is 87.6 cm³/mol. The number of benzene rings is 2. The summed E-state index contributed by atoms with van der Waals surface area (Å²) in [5.41, 5.74) is 2.71. The average Bonchev–Trinajstić information content (AvgIpc) is 2.53. The maximum Gasteiger partial charge on any atom is 0.232 e. The van der Waals surface area contributed by atoms with Gasteiger partial charge in [0, 0.05) is 0 Å². The second kappa shape index (κ2) is 6.38. The highest BCUT2D eigenvalue weighted by Gasteiger charge is 2.42. The molecule has 0 aliphatic heterocycles. The minimum atomic E-state index is -2.57. The largest absolute Gasteiger partial charge is 0.390 e. The minimum absolute atomic E-state index is 0.639. The lowest BCUT2D eigenvalue weighted by Crippen LogP contribution is -2.65. The Labute approximate surface area is 121 Å². The molecule has 0 heterocycles. The van der Waals surface area contributed by atoms with Crippen molar-refractivity contribution >= 4 is 18.4 Å². The molecule has 0 saturated carbocycles. The van der Waals surface area contributed by atoms with E-state index < -0.39 is 13.8 Å². The summed E-state index contributed by atoms with van der Waals surface area (Å²) in [4.78, 5) is 0. The summed E-state index contributed by atoms with van der Waals surface area (Å²) in [5.74, 6) is 3.02. The summed E-state index contributed by atoms with van der Waals surface area (Å²) in [6.07, 6.45) is 1.61. The van der Waals surface area contributed by atoms with Crippen molar-refractivity contribution in [1.29, 1.82) is 0 Å². The Bertz CT molecular complexity index is 583. The summed E-state index contributed by atoms with van der Waals surface area (Å²) in [7, 11) is -2.57. The van der Waals surface area contributed by atoms with E-state index in [0.717, 1.165) is 10.4 Å². The second-order valence-corrected chi connectivity index (χ2v) is 8.21. The molecule has 0 unspecified atom stereocenters. The van der Waals surface area contributed by atoms with E-state index in [1.54, 1.807) is 6.08 Å². The molecule has 0 fully saturated rings. The van der Waals surface area contributed by atoms with Gasteiger partial charge in [-0.1, -0.05) is 66.7 Å². The monoisotopic (exact) mass is 278 g/mol. The predicted octanol–water partition coefficient (Wildman–Crippen LogP) is 1.90. The van der Waals surface area contributed by atoms with Crippen molar-refractivity contribution in [3.8, 4) is 11.5 Å². The molecule has 0 bridgehead atoms. The fraction of sp³-hybridized carbons (Fsp3) is 0.111. The molecular weight excluding hydrogens is 260 g/mol. The number of hydrogen-bond donors (Lipinski definition) is 1. The van der Waals surface area contributed by atoms with Crippen molar-refractivity contribution in [3.63, 3.8) is 0 Å². The minimum Gasteiger partial charge on any atom is -0.390 e. The number of aliphatic hydroxyl groups is 1. The first kappa shape index (κ1) is 14.3. The number of hydrogen-bond acceptors (Lipinski definition) is 1. The van der Waals surface area contributed by atoms with Gasteiger partial charge in [-0.2, -0.15) is 0 Å². The van der Waals surface area contributed by atoms with Gasteiger partial charge in [-0.25, -0.2) is 0 Å². The van der Waals surface area contributed by atoms with Crippen LogP contribution in [0.25, 0.3) is 0 Å². The lowest BCUT2D eigenvalue weighted by atomic mass is 10.4. The number of rotatable bonds is 4. The Morgan fingerprint density at radius 1 is 1.00 bits per heavy atom. The van der Waals surface area contributed by atoms with Gasteiger partial charge >= 0.3 is 0 Å². The van der Waals surface area contributed by atoms with Crippen LogP contribution in [-0.4, -0.2) is 18.9 Å². The fourth-order valence-electron chi connectivity index (χ4n) is 2.50. The Morgan fingerprint density at radius 2 is 1.45 bits per heavy atom. The fourth-order valence-corrected chi connectivity index (χ4v) is 6.14. The van der Waals surface area contributed by atoms with Gasteiger partial charge in [0.1, 0.15) is 0 Å². The van der Waals surface area contributed by atoms with E-state index in [9.17, 15) is 5.11 Å². The molecule has 100 valence electrons. The average molecular weight is 278 g/mol. The quantitative estimate of drug-likeness (QED) is 0.514. The third-order valence-electron chi connectivity index (χ3n) is 3.45. The van der Waals surface area contributed by atoms with Gasteiger partial charge in [-0.05, 0) is 17.3 Å². The molecule has 2 aromatic rings. The van der Waals surface area contributed by atoms with E-state index in [-0.39, 0.29) is 0 Å². The molecule has 0 radical (unpaired) electrons. The van der Waals surface area contributed by atoms with Gasteiger partial charge < -0.3 is 5.11 Å². The van der Waals surface area contributed by atoms with Crippen molar-refractivity contribution in [2.24, 2.45) is 0 Å². The third-order valence-corrected chi connectivity index (χ3v) is 7.70. The van der Waals surface area contributed by atoms with Crippen LogP contribution in [0.4, 0.5) is 0 Å². The van der Waals surface area contributed by atoms with Crippen LogP contribution in [0.3, 0.4) is 0 Å². The van der Waals surface area contributed by atoms with Crippen molar-refractivity contribution < 1.29 is 5.11 Å². The van der Waals surface area contributed by atoms with E-state index in [1.165, 1.54) is 0 Å². The zero-order valence-corrected chi connectivity index (χ0v) is 12.6.